The third kappa shape index (κ3) is 3.71. The molecule has 0 heterocycles. The Morgan fingerprint density at radius 3 is 2.39 bits per heavy atom. The van der Waals surface area contributed by atoms with Gasteiger partial charge in [-0.1, -0.05) is 32.9 Å². The van der Waals surface area contributed by atoms with Gasteiger partial charge in [0.1, 0.15) is 4.90 Å². The van der Waals surface area contributed by atoms with Gasteiger partial charge in [-0.15, -0.1) is 0 Å². The number of hydrogen-bond acceptors (Lipinski definition) is 3. The Morgan fingerprint density at radius 2 is 1.83 bits per heavy atom. The zero-order valence-electron chi connectivity index (χ0n) is 11.4. The van der Waals surface area contributed by atoms with Crippen LogP contribution in [-0.4, -0.2) is 22.0 Å². The molecule has 0 aliphatic heterocycles. The first-order valence-corrected chi connectivity index (χ1v) is 7.57. The SMILES string of the molecule is CCC(C)(C)CNc1ccccc1S(=O)(=O)NC. The van der Waals surface area contributed by atoms with Crippen LogP contribution in [0.5, 0.6) is 0 Å². The lowest BCUT2D eigenvalue weighted by Gasteiger charge is -2.24. The monoisotopic (exact) mass is 270 g/mol. The Morgan fingerprint density at radius 1 is 1.22 bits per heavy atom. The molecule has 0 amide bonds. The van der Waals surface area contributed by atoms with Crippen molar-refractivity contribution in [3.63, 3.8) is 0 Å². The summed E-state index contributed by atoms with van der Waals surface area (Å²) in [5, 5.41) is 3.23. The highest BCUT2D eigenvalue weighted by atomic mass is 32.2. The molecule has 0 saturated carbocycles. The van der Waals surface area contributed by atoms with Gasteiger partial charge < -0.3 is 5.32 Å². The summed E-state index contributed by atoms with van der Waals surface area (Å²) in [5.74, 6) is 0. The average molecular weight is 270 g/mol. The number of sulfonamides is 1. The molecule has 0 saturated heterocycles. The highest BCUT2D eigenvalue weighted by molar-refractivity contribution is 7.89. The molecule has 0 atom stereocenters. The molecule has 1 rings (SSSR count). The van der Waals surface area contributed by atoms with E-state index in [1.54, 1.807) is 18.2 Å². The van der Waals surface area contributed by atoms with Crippen LogP contribution in [0, 0.1) is 5.41 Å². The minimum atomic E-state index is -3.42. The Kier molecular flexibility index (Phi) is 4.76. The van der Waals surface area contributed by atoms with E-state index in [9.17, 15) is 8.42 Å². The summed E-state index contributed by atoms with van der Waals surface area (Å²) in [5.41, 5.74) is 0.782. The summed E-state index contributed by atoms with van der Waals surface area (Å²) in [7, 11) is -2.00. The van der Waals surface area contributed by atoms with E-state index in [1.807, 2.05) is 6.07 Å². The fraction of sp³-hybridized carbons (Fsp3) is 0.538. The second-order valence-corrected chi connectivity index (χ2v) is 6.93. The van der Waals surface area contributed by atoms with Crippen molar-refractivity contribution in [1.82, 2.24) is 4.72 Å². The van der Waals surface area contributed by atoms with Crippen molar-refractivity contribution >= 4 is 15.7 Å². The number of anilines is 1. The van der Waals surface area contributed by atoms with Gasteiger partial charge in [-0.05, 0) is 31.0 Å². The van der Waals surface area contributed by atoms with Crippen molar-refractivity contribution in [3.05, 3.63) is 24.3 Å². The molecule has 0 bridgehead atoms. The van der Waals surface area contributed by atoms with Gasteiger partial charge in [-0.3, -0.25) is 0 Å². The topological polar surface area (TPSA) is 58.2 Å². The van der Waals surface area contributed by atoms with E-state index in [1.165, 1.54) is 7.05 Å². The van der Waals surface area contributed by atoms with E-state index in [4.69, 9.17) is 0 Å². The summed E-state index contributed by atoms with van der Waals surface area (Å²) >= 11 is 0. The van der Waals surface area contributed by atoms with Crippen LogP contribution >= 0.6 is 0 Å². The maximum Gasteiger partial charge on any atom is 0.242 e. The van der Waals surface area contributed by atoms with Gasteiger partial charge in [-0.2, -0.15) is 0 Å². The predicted molar refractivity (Wildman–Crippen MR) is 75.2 cm³/mol. The van der Waals surface area contributed by atoms with E-state index < -0.39 is 10.0 Å². The third-order valence-electron chi connectivity index (χ3n) is 3.16. The molecule has 1 aromatic rings. The lowest BCUT2D eigenvalue weighted by Crippen LogP contribution is -2.24. The maximum absolute atomic E-state index is 11.9. The van der Waals surface area contributed by atoms with E-state index in [0.29, 0.717) is 10.6 Å². The van der Waals surface area contributed by atoms with Gasteiger partial charge in [0, 0.05) is 6.54 Å². The minimum absolute atomic E-state index is 0.135. The highest BCUT2D eigenvalue weighted by Crippen LogP contribution is 2.24. The summed E-state index contributed by atoms with van der Waals surface area (Å²) in [6, 6.07) is 6.94. The number of hydrogen-bond donors (Lipinski definition) is 2. The van der Waals surface area contributed by atoms with Crippen molar-refractivity contribution in [2.45, 2.75) is 32.1 Å². The van der Waals surface area contributed by atoms with Crippen LogP contribution in [0.25, 0.3) is 0 Å². The Labute approximate surface area is 110 Å². The van der Waals surface area contributed by atoms with Gasteiger partial charge in [0.15, 0.2) is 0 Å². The van der Waals surface area contributed by atoms with E-state index in [-0.39, 0.29) is 5.41 Å². The first-order valence-electron chi connectivity index (χ1n) is 6.09. The van der Waals surface area contributed by atoms with Gasteiger partial charge in [-0.25, -0.2) is 13.1 Å². The van der Waals surface area contributed by atoms with Crippen LogP contribution < -0.4 is 10.0 Å². The van der Waals surface area contributed by atoms with Crippen molar-refractivity contribution in [1.29, 1.82) is 0 Å². The Hall–Kier alpha value is -1.07. The molecule has 2 N–H and O–H groups in total. The van der Waals surface area contributed by atoms with Gasteiger partial charge in [0.05, 0.1) is 5.69 Å². The summed E-state index contributed by atoms with van der Waals surface area (Å²) in [6.07, 6.45) is 1.03. The van der Waals surface area contributed by atoms with Crippen LogP contribution in [0.4, 0.5) is 5.69 Å². The Bertz CT molecular complexity index is 495. The number of benzene rings is 1. The maximum atomic E-state index is 11.9. The van der Waals surface area contributed by atoms with Crippen LogP contribution in [0.2, 0.25) is 0 Å². The van der Waals surface area contributed by atoms with Crippen LogP contribution in [0.15, 0.2) is 29.2 Å². The summed E-state index contributed by atoms with van der Waals surface area (Å²) < 4.78 is 26.1. The lowest BCUT2D eigenvalue weighted by atomic mass is 9.90. The van der Waals surface area contributed by atoms with Crippen molar-refractivity contribution in [2.75, 3.05) is 18.9 Å². The normalized spacial score (nSPS) is 12.4. The van der Waals surface area contributed by atoms with Crippen molar-refractivity contribution in [2.24, 2.45) is 5.41 Å². The van der Waals surface area contributed by atoms with E-state index in [0.717, 1.165) is 13.0 Å². The molecule has 4 nitrogen and oxygen atoms in total. The molecule has 0 aromatic heterocycles. The van der Waals surface area contributed by atoms with Crippen molar-refractivity contribution < 1.29 is 8.42 Å². The fourth-order valence-corrected chi connectivity index (χ4v) is 2.32. The minimum Gasteiger partial charge on any atom is -0.383 e. The van der Waals surface area contributed by atoms with Crippen molar-refractivity contribution in [3.8, 4) is 0 Å². The van der Waals surface area contributed by atoms with E-state index >= 15 is 0 Å². The zero-order chi connectivity index (χ0) is 13.8. The lowest BCUT2D eigenvalue weighted by molar-refractivity contribution is 0.376. The smallest absolute Gasteiger partial charge is 0.242 e. The van der Waals surface area contributed by atoms with Crippen LogP contribution in [0.1, 0.15) is 27.2 Å². The second kappa shape index (κ2) is 5.71. The molecule has 0 unspecified atom stereocenters. The third-order valence-corrected chi connectivity index (χ3v) is 4.63. The van der Waals surface area contributed by atoms with Gasteiger partial charge >= 0.3 is 0 Å². The Balaban J connectivity index is 2.98. The first-order chi connectivity index (χ1) is 8.32. The number of nitrogens with one attached hydrogen (secondary N) is 2. The molecular formula is C13H22N2O2S. The highest BCUT2D eigenvalue weighted by Gasteiger charge is 2.19. The molecule has 0 aliphatic rings. The number of para-hydroxylation sites is 1. The van der Waals surface area contributed by atoms with Gasteiger partial charge in [0.25, 0.3) is 0 Å². The zero-order valence-corrected chi connectivity index (χ0v) is 12.3. The number of rotatable bonds is 6. The fourth-order valence-electron chi connectivity index (χ4n) is 1.42. The van der Waals surface area contributed by atoms with Crippen LogP contribution in [0.3, 0.4) is 0 Å². The summed E-state index contributed by atoms with van der Waals surface area (Å²) in [6.45, 7) is 7.15. The molecule has 1 aromatic carbocycles. The molecule has 0 aliphatic carbocycles. The first kappa shape index (κ1) is 15.0. The molecule has 18 heavy (non-hydrogen) atoms. The molecule has 0 spiro atoms. The quantitative estimate of drug-likeness (QED) is 0.834. The molecular weight excluding hydrogens is 248 g/mol. The molecule has 102 valence electrons. The second-order valence-electron chi connectivity index (χ2n) is 5.08. The molecule has 0 radical (unpaired) electrons. The van der Waals surface area contributed by atoms with Gasteiger partial charge in [0.2, 0.25) is 10.0 Å². The van der Waals surface area contributed by atoms with Crippen LogP contribution in [-0.2, 0) is 10.0 Å². The summed E-state index contributed by atoms with van der Waals surface area (Å²) in [4.78, 5) is 0.291. The molecule has 0 fully saturated rings. The largest absolute Gasteiger partial charge is 0.383 e. The average Bonchev–Trinajstić information content (AvgIpc) is 2.37. The van der Waals surface area contributed by atoms with E-state index in [2.05, 4.69) is 30.8 Å². The molecule has 5 heteroatoms. The predicted octanol–water partition coefficient (Wildman–Crippen LogP) is 2.44. The standard InChI is InChI=1S/C13H22N2O2S/c1-5-13(2,3)10-15-11-8-6-7-9-12(11)18(16,17)14-4/h6-9,14-15H,5,10H2,1-4H3.